The van der Waals surface area contributed by atoms with Crippen LogP contribution in [0.1, 0.15) is 0 Å². The number of nitrogens with one attached hydrogen (secondary N) is 1. The van der Waals surface area contributed by atoms with Gasteiger partial charge in [-0.1, -0.05) is 36.9 Å². The van der Waals surface area contributed by atoms with Gasteiger partial charge in [-0.2, -0.15) is 5.10 Å². The number of allylic oxidation sites excluding steroid dienone is 4. The van der Waals surface area contributed by atoms with Gasteiger partial charge in [-0.05, 0) is 30.0 Å². The van der Waals surface area contributed by atoms with Crippen LogP contribution < -0.4 is 10.3 Å². The number of hydrazone groups is 1. The molecule has 0 aliphatic carbocycles. The number of nitrogens with zero attached hydrogens (tertiary/aromatic N) is 2. The van der Waals surface area contributed by atoms with Crippen LogP contribution in [0.3, 0.4) is 0 Å². The van der Waals surface area contributed by atoms with Crippen molar-refractivity contribution in [3.05, 3.63) is 66.9 Å². The minimum atomic E-state index is 0.974. The number of para-hydroxylation sites is 1. The van der Waals surface area contributed by atoms with Crippen LogP contribution in [0.4, 0.5) is 5.69 Å². The molecule has 3 heteroatoms. The van der Waals surface area contributed by atoms with E-state index in [0.29, 0.717) is 0 Å². The molecule has 0 unspecified atom stereocenters. The summed E-state index contributed by atoms with van der Waals surface area (Å²) in [6.45, 7) is 3.69. The molecule has 0 aliphatic rings. The number of hydrogen-bond donors (Lipinski definition) is 1. The highest BCUT2D eigenvalue weighted by Gasteiger charge is 1.95. The van der Waals surface area contributed by atoms with E-state index in [2.05, 4.69) is 17.0 Å². The van der Waals surface area contributed by atoms with Gasteiger partial charge in [0.25, 0.3) is 0 Å². The predicted molar refractivity (Wildman–Crippen MR) is 79.8 cm³/mol. The van der Waals surface area contributed by atoms with E-state index in [1.807, 2.05) is 67.8 Å². The van der Waals surface area contributed by atoms with Gasteiger partial charge in [0, 0.05) is 14.1 Å². The third-order valence-corrected chi connectivity index (χ3v) is 2.26. The van der Waals surface area contributed by atoms with E-state index in [4.69, 9.17) is 0 Å². The first-order chi connectivity index (χ1) is 8.77. The molecule has 1 aromatic rings. The SMILES string of the molecule is C=C/C=C(\C=C/NC)/C=N\N(C)c1ccccc1. The second-order valence-electron chi connectivity index (χ2n) is 3.63. The van der Waals surface area contributed by atoms with Crippen molar-refractivity contribution >= 4 is 11.9 Å². The monoisotopic (exact) mass is 241 g/mol. The maximum absolute atomic E-state index is 4.38. The Morgan fingerprint density at radius 3 is 2.67 bits per heavy atom. The molecule has 0 spiro atoms. The third-order valence-electron chi connectivity index (χ3n) is 2.26. The Morgan fingerprint density at radius 1 is 1.33 bits per heavy atom. The maximum Gasteiger partial charge on any atom is 0.0590 e. The second kappa shape index (κ2) is 7.90. The highest BCUT2D eigenvalue weighted by atomic mass is 15.4. The Morgan fingerprint density at radius 2 is 2.06 bits per heavy atom. The van der Waals surface area contributed by atoms with Crippen molar-refractivity contribution in [1.29, 1.82) is 0 Å². The van der Waals surface area contributed by atoms with E-state index in [1.165, 1.54) is 0 Å². The number of anilines is 1. The van der Waals surface area contributed by atoms with Gasteiger partial charge in [0.2, 0.25) is 0 Å². The molecule has 3 nitrogen and oxygen atoms in total. The smallest absolute Gasteiger partial charge is 0.0590 e. The summed E-state index contributed by atoms with van der Waals surface area (Å²) < 4.78 is 0. The lowest BCUT2D eigenvalue weighted by Gasteiger charge is -2.12. The van der Waals surface area contributed by atoms with E-state index >= 15 is 0 Å². The summed E-state index contributed by atoms with van der Waals surface area (Å²) in [5.74, 6) is 0. The Bertz CT molecular complexity index is 444. The van der Waals surface area contributed by atoms with Gasteiger partial charge in [0.05, 0.1) is 11.9 Å². The molecular formula is C15H19N3. The third kappa shape index (κ3) is 4.70. The van der Waals surface area contributed by atoms with E-state index in [-0.39, 0.29) is 0 Å². The van der Waals surface area contributed by atoms with Crippen molar-refractivity contribution in [3.8, 4) is 0 Å². The highest BCUT2D eigenvalue weighted by Crippen LogP contribution is 2.10. The van der Waals surface area contributed by atoms with Crippen molar-refractivity contribution in [2.75, 3.05) is 19.1 Å². The van der Waals surface area contributed by atoms with Crippen molar-refractivity contribution < 1.29 is 0 Å². The van der Waals surface area contributed by atoms with Gasteiger partial charge in [0.15, 0.2) is 0 Å². The molecule has 0 bridgehead atoms. The summed E-state index contributed by atoms with van der Waals surface area (Å²) >= 11 is 0. The van der Waals surface area contributed by atoms with Crippen LogP contribution in [0.5, 0.6) is 0 Å². The fourth-order valence-electron chi connectivity index (χ4n) is 1.32. The molecule has 1 N–H and O–H groups in total. The van der Waals surface area contributed by atoms with E-state index in [9.17, 15) is 0 Å². The van der Waals surface area contributed by atoms with E-state index < -0.39 is 0 Å². The first-order valence-electron chi connectivity index (χ1n) is 5.77. The van der Waals surface area contributed by atoms with Gasteiger partial charge < -0.3 is 5.32 Å². The molecule has 0 fully saturated rings. The Labute approximate surface area is 109 Å². The van der Waals surface area contributed by atoms with Crippen molar-refractivity contribution in [3.63, 3.8) is 0 Å². The maximum atomic E-state index is 4.38. The van der Waals surface area contributed by atoms with Gasteiger partial charge in [0.1, 0.15) is 0 Å². The summed E-state index contributed by atoms with van der Waals surface area (Å²) in [5.41, 5.74) is 2.02. The Balaban J connectivity index is 2.75. The van der Waals surface area contributed by atoms with Crippen LogP contribution in [0.2, 0.25) is 0 Å². The Kier molecular flexibility index (Phi) is 6.04. The average molecular weight is 241 g/mol. The van der Waals surface area contributed by atoms with E-state index in [1.54, 1.807) is 12.3 Å². The van der Waals surface area contributed by atoms with Gasteiger partial charge in [-0.25, -0.2) is 0 Å². The van der Waals surface area contributed by atoms with Gasteiger partial charge in [-0.15, -0.1) is 0 Å². The van der Waals surface area contributed by atoms with Crippen LogP contribution in [0.25, 0.3) is 0 Å². The zero-order valence-electron chi connectivity index (χ0n) is 10.9. The molecule has 18 heavy (non-hydrogen) atoms. The zero-order chi connectivity index (χ0) is 13.2. The highest BCUT2D eigenvalue weighted by molar-refractivity contribution is 5.83. The molecule has 0 saturated heterocycles. The van der Waals surface area contributed by atoms with Gasteiger partial charge in [-0.3, -0.25) is 5.01 Å². The number of rotatable bonds is 6. The standard InChI is InChI=1S/C15H19N3/c1-4-8-14(11-12-16-2)13-17-18(3)15-9-6-5-7-10-15/h4-13,16H,1H2,2-3H3/b12-11-,14-8+,17-13-. The molecule has 0 amide bonds. The summed E-state index contributed by atoms with van der Waals surface area (Å²) in [6, 6.07) is 9.99. The van der Waals surface area contributed by atoms with E-state index in [0.717, 1.165) is 11.3 Å². The molecule has 94 valence electrons. The van der Waals surface area contributed by atoms with Gasteiger partial charge >= 0.3 is 0 Å². The fraction of sp³-hybridized carbons (Fsp3) is 0.133. The summed E-state index contributed by atoms with van der Waals surface area (Å²) in [4.78, 5) is 0. The quantitative estimate of drug-likeness (QED) is 0.471. The number of benzene rings is 1. The van der Waals surface area contributed by atoms with Crippen molar-refractivity contribution in [2.24, 2.45) is 5.10 Å². The minimum Gasteiger partial charge on any atom is -0.394 e. The molecule has 0 atom stereocenters. The summed E-state index contributed by atoms with van der Waals surface area (Å²) in [5, 5.41) is 9.15. The fourth-order valence-corrected chi connectivity index (χ4v) is 1.32. The van der Waals surface area contributed by atoms with Crippen LogP contribution in [-0.4, -0.2) is 20.3 Å². The van der Waals surface area contributed by atoms with Crippen molar-refractivity contribution in [1.82, 2.24) is 5.32 Å². The Hall–Kier alpha value is -2.29. The van der Waals surface area contributed by atoms with Crippen molar-refractivity contribution in [2.45, 2.75) is 0 Å². The van der Waals surface area contributed by atoms with Crippen LogP contribution in [0.15, 0.2) is 72.0 Å². The zero-order valence-corrected chi connectivity index (χ0v) is 10.9. The molecule has 0 heterocycles. The first-order valence-corrected chi connectivity index (χ1v) is 5.77. The molecule has 1 rings (SSSR count). The van der Waals surface area contributed by atoms with Crippen LogP contribution >= 0.6 is 0 Å². The molecule has 0 saturated carbocycles. The largest absolute Gasteiger partial charge is 0.394 e. The number of hydrogen-bond acceptors (Lipinski definition) is 3. The summed E-state index contributed by atoms with van der Waals surface area (Å²) in [6.07, 6.45) is 9.22. The average Bonchev–Trinajstić information content (AvgIpc) is 2.42. The first kappa shape index (κ1) is 13.8. The van der Waals surface area contributed by atoms with Crippen LogP contribution in [0, 0.1) is 0 Å². The molecule has 0 aromatic heterocycles. The normalized spacial score (nSPS) is 12.0. The minimum absolute atomic E-state index is 0.974. The molecule has 1 aromatic carbocycles. The lowest BCUT2D eigenvalue weighted by molar-refractivity contribution is 1.02. The lowest BCUT2D eigenvalue weighted by Crippen LogP contribution is -2.08. The molecule has 0 aliphatic heterocycles. The predicted octanol–water partition coefficient (Wildman–Crippen LogP) is 2.95. The van der Waals surface area contributed by atoms with Crippen LogP contribution in [-0.2, 0) is 0 Å². The topological polar surface area (TPSA) is 27.6 Å². The second-order valence-corrected chi connectivity index (χ2v) is 3.63. The lowest BCUT2D eigenvalue weighted by atomic mass is 10.2. The molecular weight excluding hydrogens is 222 g/mol. The summed E-state index contributed by atoms with van der Waals surface area (Å²) in [7, 11) is 3.77. The molecule has 0 radical (unpaired) electrons.